The Morgan fingerprint density at radius 3 is 2.78 bits per heavy atom. The zero-order chi connectivity index (χ0) is 23.1. The number of carbonyl (C=O) groups is 1. The number of hydrogen-bond acceptors (Lipinski definition) is 7. The summed E-state index contributed by atoms with van der Waals surface area (Å²) in [5.74, 6) is 2.10. The van der Waals surface area contributed by atoms with Crippen LogP contribution in [0.2, 0.25) is 0 Å². The van der Waals surface area contributed by atoms with Crippen LogP contribution in [0.3, 0.4) is 0 Å². The maximum Gasteiger partial charge on any atom is 0.232 e. The van der Waals surface area contributed by atoms with Crippen LogP contribution in [0.1, 0.15) is 37.6 Å². The van der Waals surface area contributed by atoms with Crippen LogP contribution in [0.15, 0.2) is 22.6 Å². The Hall–Kier alpha value is -2.39. The molecule has 1 aliphatic heterocycles. The zero-order valence-electron chi connectivity index (χ0n) is 19.3. The number of aromatic nitrogens is 1. The zero-order valence-corrected chi connectivity index (χ0v) is 20.1. The molecule has 0 aliphatic carbocycles. The van der Waals surface area contributed by atoms with E-state index in [4.69, 9.17) is 13.9 Å². The van der Waals surface area contributed by atoms with Gasteiger partial charge < -0.3 is 19.2 Å². The monoisotopic (exact) mass is 463 g/mol. The van der Waals surface area contributed by atoms with Gasteiger partial charge in [-0.05, 0) is 51.4 Å². The van der Waals surface area contributed by atoms with Crippen LogP contribution in [0.25, 0.3) is 11.5 Å². The van der Waals surface area contributed by atoms with Crippen LogP contribution < -0.4 is 14.8 Å². The Morgan fingerprint density at radius 2 is 2.06 bits per heavy atom. The Balaban J connectivity index is 1.52. The van der Waals surface area contributed by atoms with Gasteiger partial charge in [-0.15, -0.1) is 0 Å². The number of piperidine rings is 1. The highest BCUT2D eigenvalue weighted by Crippen LogP contribution is 2.32. The van der Waals surface area contributed by atoms with Gasteiger partial charge in [0.1, 0.15) is 11.5 Å². The van der Waals surface area contributed by atoms with E-state index in [1.807, 2.05) is 6.07 Å². The predicted molar refractivity (Wildman–Crippen MR) is 124 cm³/mol. The number of carbonyl (C=O) groups excluding carboxylic acids is 1. The molecule has 1 aromatic carbocycles. The molecule has 0 radical (unpaired) electrons. The first-order valence-electron chi connectivity index (χ1n) is 11.0. The predicted octanol–water partition coefficient (Wildman–Crippen LogP) is 2.91. The molecule has 1 aromatic heterocycles. The molecule has 2 heterocycles. The highest BCUT2D eigenvalue weighted by atomic mass is 32.2. The van der Waals surface area contributed by atoms with E-state index in [1.165, 1.54) is 19.3 Å². The molecule has 9 heteroatoms. The van der Waals surface area contributed by atoms with Crippen molar-refractivity contribution < 1.29 is 22.9 Å². The van der Waals surface area contributed by atoms with Gasteiger partial charge >= 0.3 is 0 Å². The molecule has 0 saturated carbocycles. The number of hydrogen-bond donors (Lipinski definition) is 1. The van der Waals surface area contributed by atoms with E-state index in [0.29, 0.717) is 41.4 Å². The summed E-state index contributed by atoms with van der Waals surface area (Å²) in [5, 5.41) is 2.89. The Morgan fingerprint density at radius 1 is 1.28 bits per heavy atom. The van der Waals surface area contributed by atoms with Gasteiger partial charge in [-0.1, -0.05) is 6.42 Å². The van der Waals surface area contributed by atoms with Gasteiger partial charge in [-0.2, -0.15) is 0 Å². The van der Waals surface area contributed by atoms with Crippen molar-refractivity contribution in [3.8, 4) is 23.0 Å². The van der Waals surface area contributed by atoms with Crippen LogP contribution in [0, 0.1) is 6.92 Å². The number of benzene rings is 1. The minimum absolute atomic E-state index is 0.0481. The number of nitrogens with zero attached hydrogens (tertiary/aromatic N) is 2. The molecule has 0 unspecified atom stereocenters. The molecule has 32 heavy (non-hydrogen) atoms. The second kappa shape index (κ2) is 11.5. The number of methoxy groups -OCH3 is 2. The van der Waals surface area contributed by atoms with E-state index in [1.54, 1.807) is 33.3 Å². The van der Waals surface area contributed by atoms with Crippen molar-refractivity contribution in [1.82, 2.24) is 15.2 Å². The molecule has 1 amide bonds. The lowest BCUT2D eigenvalue weighted by Crippen LogP contribution is -2.43. The van der Waals surface area contributed by atoms with Gasteiger partial charge in [-0.25, -0.2) is 4.98 Å². The van der Waals surface area contributed by atoms with Gasteiger partial charge in [0, 0.05) is 35.5 Å². The molecular weight excluding hydrogens is 430 g/mol. The summed E-state index contributed by atoms with van der Waals surface area (Å²) in [6, 6.07) is 5.94. The molecule has 176 valence electrons. The van der Waals surface area contributed by atoms with Crippen molar-refractivity contribution in [2.45, 2.75) is 44.9 Å². The van der Waals surface area contributed by atoms with E-state index in [2.05, 4.69) is 22.1 Å². The average Bonchev–Trinajstić information content (AvgIpc) is 3.14. The van der Waals surface area contributed by atoms with E-state index in [0.717, 1.165) is 18.7 Å². The normalized spacial score (nSPS) is 17.7. The molecule has 1 N–H and O–H groups in total. The molecule has 3 rings (SSSR count). The summed E-state index contributed by atoms with van der Waals surface area (Å²) >= 11 is 0. The number of rotatable bonds is 10. The third kappa shape index (κ3) is 6.32. The maximum absolute atomic E-state index is 12.5. The number of oxazole rings is 1. The lowest BCUT2D eigenvalue weighted by atomic mass is 10.0. The molecular formula is C23H33N3O5S. The number of amides is 1. The van der Waals surface area contributed by atoms with Crippen LogP contribution in [-0.2, 0) is 21.3 Å². The van der Waals surface area contributed by atoms with Crippen LogP contribution >= 0.6 is 0 Å². The molecule has 1 fully saturated rings. The van der Waals surface area contributed by atoms with Crippen molar-refractivity contribution in [2.75, 3.05) is 39.6 Å². The molecule has 0 spiro atoms. The minimum atomic E-state index is -1.37. The summed E-state index contributed by atoms with van der Waals surface area (Å²) in [6.45, 7) is 6.50. The summed E-state index contributed by atoms with van der Waals surface area (Å²) in [7, 11) is 1.77. The smallest absolute Gasteiger partial charge is 0.232 e. The van der Waals surface area contributed by atoms with E-state index < -0.39 is 10.8 Å². The van der Waals surface area contributed by atoms with Gasteiger partial charge in [-0.3, -0.25) is 13.9 Å². The second-order valence-electron chi connectivity index (χ2n) is 8.05. The second-order valence-corrected chi connectivity index (χ2v) is 9.51. The summed E-state index contributed by atoms with van der Waals surface area (Å²) in [6.07, 6.45) is 3.70. The van der Waals surface area contributed by atoms with Crippen LogP contribution in [0.4, 0.5) is 0 Å². The number of ether oxygens (including phenoxy) is 2. The molecule has 8 nitrogen and oxygen atoms in total. The SMILES string of the molecule is COc1ccc(-c2nc(C[S@](=O)CC(=O)NCCN3CCCC[C@@H]3C)c(C)o2)cc1OC. The third-order valence-corrected chi connectivity index (χ3v) is 6.95. The lowest BCUT2D eigenvalue weighted by molar-refractivity contribution is -0.118. The van der Waals surface area contributed by atoms with Gasteiger partial charge in [0.05, 0.1) is 25.7 Å². The van der Waals surface area contributed by atoms with Crippen molar-refractivity contribution in [3.05, 3.63) is 29.7 Å². The molecule has 2 atom stereocenters. The Bertz CT molecular complexity index is 946. The highest BCUT2D eigenvalue weighted by molar-refractivity contribution is 7.84. The number of nitrogens with one attached hydrogen (secondary N) is 1. The first-order valence-corrected chi connectivity index (χ1v) is 12.4. The molecule has 2 aromatic rings. The average molecular weight is 464 g/mol. The number of aryl methyl sites for hydroxylation is 1. The third-order valence-electron chi connectivity index (χ3n) is 5.77. The fraction of sp³-hybridized carbons (Fsp3) is 0.565. The van der Waals surface area contributed by atoms with Crippen molar-refractivity contribution in [1.29, 1.82) is 0 Å². The molecule has 1 aliphatic rings. The van der Waals surface area contributed by atoms with Crippen molar-refractivity contribution in [2.24, 2.45) is 0 Å². The maximum atomic E-state index is 12.5. The fourth-order valence-electron chi connectivity index (χ4n) is 3.88. The van der Waals surface area contributed by atoms with Gasteiger partial charge in [0.15, 0.2) is 11.5 Å². The van der Waals surface area contributed by atoms with Gasteiger partial charge in [0.2, 0.25) is 11.8 Å². The summed E-state index contributed by atoms with van der Waals surface area (Å²) in [4.78, 5) is 19.1. The highest BCUT2D eigenvalue weighted by Gasteiger charge is 2.19. The topological polar surface area (TPSA) is 93.9 Å². The minimum Gasteiger partial charge on any atom is -0.493 e. The number of likely N-dealkylation sites (tertiary alicyclic amines) is 1. The lowest BCUT2D eigenvalue weighted by Gasteiger charge is -2.33. The summed E-state index contributed by atoms with van der Waals surface area (Å²) < 4.78 is 28.9. The van der Waals surface area contributed by atoms with Crippen molar-refractivity contribution in [3.63, 3.8) is 0 Å². The largest absolute Gasteiger partial charge is 0.493 e. The fourth-order valence-corrected chi connectivity index (χ4v) is 4.95. The first-order chi connectivity index (χ1) is 15.4. The first kappa shape index (κ1) is 24.3. The van der Waals surface area contributed by atoms with E-state index in [9.17, 15) is 9.00 Å². The molecule has 1 saturated heterocycles. The van der Waals surface area contributed by atoms with E-state index in [-0.39, 0.29) is 17.4 Å². The molecule has 0 bridgehead atoms. The van der Waals surface area contributed by atoms with E-state index >= 15 is 0 Å². The van der Waals surface area contributed by atoms with Crippen LogP contribution in [0.5, 0.6) is 11.5 Å². The Labute approximate surface area is 192 Å². The standard InChI is InChI=1S/C23H33N3O5S/c1-16-7-5-6-11-26(16)12-10-24-22(27)15-32(28)14-19-17(2)31-23(25-19)18-8-9-20(29-3)21(13-18)30-4/h8-9,13,16H,5-7,10-12,14-15H2,1-4H3,(H,24,27)/t16-,32-/m0/s1. The summed E-state index contributed by atoms with van der Waals surface area (Å²) in [5.41, 5.74) is 1.32. The van der Waals surface area contributed by atoms with Gasteiger partial charge in [0.25, 0.3) is 0 Å². The Kier molecular flexibility index (Phi) is 8.69. The van der Waals surface area contributed by atoms with Crippen molar-refractivity contribution >= 4 is 16.7 Å². The quantitative estimate of drug-likeness (QED) is 0.579. The van der Waals surface area contributed by atoms with Crippen LogP contribution in [-0.4, -0.2) is 65.6 Å².